The molecule has 17 nitrogen and oxygen atoms in total. The Hall–Kier alpha value is -8.84. The van der Waals surface area contributed by atoms with Gasteiger partial charge in [-0.25, -0.2) is 15.0 Å². The molecule has 5 aliphatic heterocycles. The van der Waals surface area contributed by atoms with Gasteiger partial charge >= 0.3 is 0 Å². The molecule has 3 aromatic carbocycles. The molecule has 18 heteroatoms. The lowest BCUT2D eigenvalue weighted by Crippen LogP contribution is -2.45. The van der Waals surface area contributed by atoms with Gasteiger partial charge in [-0.3, -0.25) is 29.3 Å². The molecule has 8 aliphatic rings. The zero-order chi connectivity index (χ0) is 73.0. The minimum Gasteiger partial charge on any atom is -0.478 e. The number of likely N-dealkylation sites (N-methyl/N-ethyl adjacent to an activating group) is 3. The third-order valence-corrected chi connectivity index (χ3v) is 25.1. The Labute approximate surface area is 639 Å². The van der Waals surface area contributed by atoms with Gasteiger partial charge in [0.2, 0.25) is 35.4 Å². The van der Waals surface area contributed by atoms with E-state index in [9.17, 15) is 23.9 Å². The first-order valence-corrected chi connectivity index (χ1v) is 38.7. The molecule has 1 N–H and O–H groups in total. The van der Waals surface area contributed by atoms with Crippen LogP contribution in [-0.2, 0) is 30.6 Å². The second-order valence-corrected chi connectivity index (χ2v) is 33.3. The number of carbonyl (C=O) groups is 3. The monoisotopic (exact) mass is 1460 g/mol. The number of hydrogen-bond acceptors (Lipinski definition) is 14. The fourth-order valence-electron chi connectivity index (χ4n) is 18.4. The smallest absolute Gasteiger partial charge is 0.237 e. The van der Waals surface area contributed by atoms with Crippen LogP contribution in [-0.4, -0.2) is 142 Å². The molecule has 3 aliphatic carbocycles. The van der Waals surface area contributed by atoms with Gasteiger partial charge < -0.3 is 39.1 Å². The number of piperidine rings is 2. The van der Waals surface area contributed by atoms with Crippen LogP contribution in [0.2, 0.25) is 0 Å². The summed E-state index contributed by atoms with van der Waals surface area (Å²) >= 11 is 0. The van der Waals surface area contributed by atoms with E-state index in [1.165, 1.54) is 76.3 Å². The number of pyridine rings is 6. The molecule has 3 spiro atoms. The average Bonchev–Trinajstić information content (AvgIpc) is 1.56. The Morgan fingerprint density at radius 1 is 0.389 bits per heavy atom. The molecule has 0 bridgehead atoms. The third-order valence-electron chi connectivity index (χ3n) is 25.1. The summed E-state index contributed by atoms with van der Waals surface area (Å²) in [6.07, 6.45) is 31.1. The lowest BCUT2D eigenvalue weighted by Gasteiger charge is -2.40. The first kappa shape index (κ1) is 78.7. The van der Waals surface area contributed by atoms with E-state index in [4.69, 9.17) is 14.5 Å². The Morgan fingerprint density at radius 2 is 0.704 bits per heavy atom. The number of halogens is 1. The van der Waals surface area contributed by atoms with E-state index < -0.39 is 27.8 Å². The normalized spacial score (nSPS) is 19.9. The minimum absolute atomic E-state index is 0. The van der Waals surface area contributed by atoms with Crippen LogP contribution >= 0.6 is 0 Å². The van der Waals surface area contributed by atoms with Crippen LogP contribution in [0.3, 0.4) is 0 Å². The highest BCUT2D eigenvalue weighted by Crippen LogP contribution is 2.58. The second kappa shape index (κ2) is 31.6. The number of nitrogens with zero attached hydrogens (tertiary/aromatic N) is 11. The van der Waals surface area contributed by atoms with Crippen molar-refractivity contribution in [2.75, 3.05) is 88.3 Å². The second-order valence-electron chi connectivity index (χ2n) is 33.3. The summed E-state index contributed by atoms with van der Waals surface area (Å²) < 4.78 is 25.1. The van der Waals surface area contributed by atoms with Crippen LogP contribution in [0.15, 0.2) is 128 Å². The van der Waals surface area contributed by atoms with Crippen molar-refractivity contribution in [1.82, 2.24) is 39.7 Å². The molecule has 0 atom stereocenters. The number of carbonyl (C=O) groups excluding carboxylic acids is 3. The predicted octanol–water partition coefficient (Wildman–Crippen LogP) is 18.6. The molecular weight excluding hydrogens is 1350 g/mol. The van der Waals surface area contributed by atoms with Crippen LogP contribution in [0.1, 0.15) is 202 Å². The number of likely N-dealkylation sites (tertiary alicyclic amines) is 2. The number of ether oxygens (including phenoxy) is 2. The van der Waals surface area contributed by atoms with E-state index in [1.807, 2.05) is 94.3 Å². The van der Waals surface area contributed by atoms with Gasteiger partial charge in [0.05, 0.1) is 87.3 Å². The summed E-state index contributed by atoms with van der Waals surface area (Å²) in [5.74, 6) is 1.36. The van der Waals surface area contributed by atoms with Gasteiger partial charge in [0.1, 0.15) is 0 Å². The molecule has 572 valence electrons. The highest BCUT2D eigenvalue weighted by Gasteiger charge is 2.56. The van der Waals surface area contributed by atoms with Crippen molar-refractivity contribution in [3.05, 3.63) is 151 Å². The molecule has 3 saturated carbocycles. The maximum atomic E-state index is 13.7. The van der Waals surface area contributed by atoms with E-state index in [0.29, 0.717) is 50.7 Å². The highest BCUT2D eigenvalue weighted by atomic mass is 19.1. The Balaban J connectivity index is 0.000000151. The van der Waals surface area contributed by atoms with Gasteiger partial charge in [0, 0.05) is 114 Å². The molecule has 0 unspecified atom stereocenters. The molecule has 11 heterocycles. The van der Waals surface area contributed by atoms with Gasteiger partial charge in [-0.05, 0) is 237 Å². The lowest BCUT2D eigenvalue weighted by molar-refractivity contribution is -0.126. The van der Waals surface area contributed by atoms with E-state index in [-0.39, 0.29) is 50.8 Å². The van der Waals surface area contributed by atoms with Crippen LogP contribution in [0.25, 0.3) is 66.1 Å². The quantitative estimate of drug-likeness (QED) is 0.0849. The number of rotatable bonds is 13. The number of anilines is 3. The molecular formula is C90H114FN11O6. The van der Waals surface area contributed by atoms with Crippen molar-refractivity contribution in [1.29, 1.82) is 0 Å². The SMILES string of the molecule is C.C.C.CN1C(=O)C2(CCC(C)(C)CC2)c2c1cnc1ccc(-c3ccc(F)nc3)cc21.CN1C(=O)C2(CCC(C)(C)CC2)c2c1cnc1ccc(-c3ccc(OCCCN4CCCCC4)nc3)cc21.CN1C(=O)C2(CCC(C)(O)CC2)c2c1cnc1ccc(-c3ccc(OCCCN4CCCCC4)nc3)cc21. The molecule has 6 aromatic heterocycles. The van der Waals surface area contributed by atoms with Crippen LogP contribution in [0.4, 0.5) is 21.5 Å². The molecule has 3 amide bonds. The topological polar surface area (TPSA) is 183 Å². The Bertz CT molecular complexity index is 4510. The van der Waals surface area contributed by atoms with Gasteiger partial charge in [0.25, 0.3) is 0 Å². The number of fused-ring (bicyclic) bond motifs is 12. The van der Waals surface area contributed by atoms with Crippen molar-refractivity contribution in [3.8, 4) is 45.1 Å². The number of aliphatic hydroxyl groups is 1. The molecule has 5 fully saturated rings. The summed E-state index contributed by atoms with van der Waals surface area (Å²) in [6, 6.07) is 29.9. The van der Waals surface area contributed by atoms with Gasteiger partial charge in [-0.2, -0.15) is 4.39 Å². The van der Waals surface area contributed by atoms with Crippen LogP contribution < -0.4 is 24.2 Å². The van der Waals surface area contributed by atoms with Crippen molar-refractivity contribution in [3.63, 3.8) is 0 Å². The van der Waals surface area contributed by atoms with E-state index >= 15 is 0 Å². The molecule has 9 aromatic rings. The maximum Gasteiger partial charge on any atom is 0.237 e. The van der Waals surface area contributed by atoms with Gasteiger partial charge in [-0.1, -0.05) is 81.0 Å². The Morgan fingerprint density at radius 3 is 1.02 bits per heavy atom. The molecule has 0 radical (unpaired) electrons. The maximum absolute atomic E-state index is 13.7. The first-order chi connectivity index (χ1) is 50.5. The highest BCUT2D eigenvalue weighted by molar-refractivity contribution is 6.15. The van der Waals surface area contributed by atoms with E-state index in [1.54, 1.807) is 22.1 Å². The standard InChI is InChI=1S/C32H40N4O2.C31H38N4O3.C24H24FN3O.3CH4/c1-31(2)12-14-32(15-13-31)29-25-20-23(8-10-26(25)33-22-27(29)35(3)30(32)37)24-9-11-28(34-21-24)38-19-7-18-36-16-5-4-6-17-36;1-30(37)11-13-31(14-12-30)28-24-19-22(7-9-25(24)32-21-26(28)34(2)29(31)36)23-8-10-27(33-20-23)38-18-6-17-35-15-4-3-5-16-35;1-23(2)8-10-24(11-9-23)21-17-12-15(16-5-7-20(25)27-13-16)4-6-18(17)26-14-19(21)28(3)22(24)29;;;/h8-11,20-22H,4-7,12-19H2,1-3H3;7-10,19-21,37H,3-6,11-18H2,1-2H3;4-7,12-14H,8-11H2,1-3H3;3*1H4. The molecule has 2 saturated heterocycles. The van der Waals surface area contributed by atoms with Crippen molar-refractivity contribution in [2.45, 2.75) is 207 Å². The number of hydrogen-bond donors (Lipinski definition) is 1. The zero-order valence-corrected chi connectivity index (χ0v) is 62.7. The third kappa shape index (κ3) is 15.2. The first-order valence-electron chi connectivity index (χ1n) is 38.7. The largest absolute Gasteiger partial charge is 0.478 e. The van der Waals surface area contributed by atoms with E-state index in [2.05, 4.69) is 111 Å². The summed E-state index contributed by atoms with van der Waals surface area (Å²) in [7, 11) is 5.61. The summed E-state index contributed by atoms with van der Waals surface area (Å²) in [4.78, 5) is 78.1. The zero-order valence-electron chi connectivity index (χ0n) is 62.7. The summed E-state index contributed by atoms with van der Waals surface area (Å²) in [5.41, 5.74) is 13.1. The van der Waals surface area contributed by atoms with Crippen molar-refractivity contribution in [2.24, 2.45) is 10.8 Å². The molecule has 108 heavy (non-hydrogen) atoms. The van der Waals surface area contributed by atoms with Gasteiger partial charge in [-0.15, -0.1) is 0 Å². The summed E-state index contributed by atoms with van der Waals surface area (Å²) in [6.45, 7) is 19.5. The summed E-state index contributed by atoms with van der Waals surface area (Å²) in [5, 5.41) is 13.7. The predicted molar refractivity (Wildman–Crippen MR) is 435 cm³/mol. The van der Waals surface area contributed by atoms with E-state index in [0.717, 1.165) is 172 Å². The van der Waals surface area contributed by atoms with Gasteiger partial charge in [0.15, 0.2) is 0 Å². The fourth-order valence-corrected chi connectivity index (χ4v) is 18.4. The van der Waals surface area contributed by atoms with Crippen LogP contribution in [0, 0.1) is 16.8 Å². The van der Waals surface area contributed by atoms with Crippen molar-refractivity contribution >= 4 is 67.5 Å². The number of aromatic nitrogens is 6. The van der Waals surface area contributed by atoms with Crippen molar-refractivity contribution < 1.29 is 33.4 Å². The average molecular weight is 1460 g/mol. The van der Waals surface area contributed by atoms with Crippen LogP contribution in [0.5, 0.6) is 11.8 Å². The fraction of sp³-hybridized carbons (Fsp3) is 0.500. The number of benzene rings is 3. The number of amides is 3. The lowest BCUT2D eigenvalue weighted by atomic mass is 9.62. The Kier molecular flexibility index (Phi) is 23.1. The minimum atomic E-state index is -0.718. The molecule has 17 rings (SSSR count).